The number of nitrogens with zero attached hydrogens (tertiary/aromatic N) is 3. The van der Waals surface area contributed by atoms with Crippen LogP contribution in [-0.2, 0) is 28.9 Å². The fourth-order valence-electron chi connectivity index (χ4n) is 4.38. The molecule has 3 N–H and O–H groups in total. The third-order valence-electron chi connectivity index (χ3n) is 6.48. The van der Waals surface area contributed by atoms with Gasteiger partial charge in [0, 0.05) is 17.3 Å². The maximum atomic E-state index is 13.7. The second kappa shape index (κ2) is 13.7. The normalized spacial score (nSPS) is 12.3. The van der Waals surface area contributed by atoms with Gasteiger partial charge in [-0.25, -0.2) is 22.8 Å². The zero-order chi connectivity index (χ0) is 35.8. The lowest BCUT2D eigenvalue weighted by Crippen LogP contribution is -2.31. The van der Waals surface area contributed by atoms with Crippen LogP contribution in [0.5, 0.6) is 0 Å². The minimum absolute atomic E-state index is 0.0125. The number of amides is 2. The molecule has 0 saturated heterocycles. The van der Waals surface area contributed by atoms with Gasteiger partial charge in [0.2, 0.25) is 10.0 Å². The summed E-state index contributed by atoms with van der Waals surface area (Å²) in [5, 5.41) is 9.63. The molecular formula is C29H24Cl2F6N6O4S. The van der Waals surface area contributed by atoms with Crippen LogP contribution >= 0.6 is 23.2 Å². The van der Waals surface area contributed by atoms with E-state index in [2.05, 4.69) is 20.7 Å². The first-order chi connectivity index (χ1) is 22.2. The first-order valence-electron chi connectivity index (χ1n) is 13.6. The molecule has 4 rings (SSSR count). The van der Waals surface area contributed by atoms with Crippen LogP contribution in [0.15, 0.2) is 59.6 Å². The number of anilines is 1. The zero-order valence-corrected chi connectivity index (χ0v) is 27.2. The standard InChI is InChI=1S/C29H24Cl2F6N6O4S/c1-14(2)40-26(44)19-11-17(30)9-15(3)24(19)41-27(45)22-12-18(42-43(22)25-21(31)5-4-8-38-25)13-39-48(46,47)23-10-16(28(32,33)34)6-7-20(23)29(35,36)37/h4-12,14,39H,13H2,1-3H3,(H,40,44)(H,41,45). The maximum Gasteiger partial charge on any atom is 0.417 e. The second-order valence-electron chi connectivity index (χ2n) is 10.5. The molecule has 0 bridgehead atoms. The summed E-state index contributed by atoms with van der Waals surface area (Å²) in [7, 11) is -5.25. The van der Waals surface area contributed by atoms with Crippen molar-refractivity contribution >= 4 is 50.7 Å². The number of aryl methyl sites for hydroxylation is 1. The minimum atomic E-state index is -5.32. The van der Waals surface area contributed by atoms with Crippen molar-refractivity contribution in [3.8, 4) is 5.82 Å². The number of pyridine rings is 1. The van der Waals surface area contributed by atoms with Crippen LogP contribution in [0.2, 0.25) is 10.0 Å². The molecule has 2 heterocycles. The third kappa shape index (κ3) is 8.26. The highest BCUT2D eigenvalue weighted by Gasteiger charge is 2.40. The van der Waals surface area contributed by atoms with Crippen molar-refractivity contribution in [3.05, 3.63) is 98.4 Å². The summed E-state index contributed by atoms with van der Waals surface area (Å²) in [6, 6.07) is 6.47. The van der Waals surface area contributed by atoms with Crippen molar-refractivity contribution in [1.82, 2.24) is 24.8 Å². The number of nitrogens with one attached hydrogen (secondary N) is 3. The van der Waals surface area contributed by atoms with Crippen molar-refractivity contribution in [2.24, 2.45) is 0 Å². The summed E-state index contributed by atoms with van der Waals surface area (Å²) < 4.78 is 109. The number of carbonyl (C=O) groups is 2. The molecule has 10 nitrogen and oxygen atoms in total. The van der Waals surface area contributed by atoms with Crippen molar-refractivity contribution in [3.63, 3.8) is 0 Å². The van der Waals surface area contributed by atoms with Gasteiger partial charge < -0.3 is 10.6 Å². The van der Waals surface area contributed by atoms with E-state index in [1.54, 1.807) is 20.8 Å². The Morgan fingerprint density at radius 3 is 2.25 bits per heavy atom. The Morgan fingerprint density at radius 1 is 0.958 bits per heavy atom. The van der Waals surface area contributed by atoms with Crippen LogP contribution in [0.25, 0.3) is 5.82 Å². The molecule has 2 amide bonds. The topological polar surface area (TPSA) is 135 Å². The Bertz CT molecular complexity index is 2000. The average Bonchev–Trinajstić information content (AvgIpc) is 3.40. The molecule has 256 valence electrons. The fraction of sp³-hybridized carbons (Fsp3) is 0.241. The average molecular weight is 738 g/mol. The van der Waals surface area contributed by atoms with E-state index in [-0.39, 0.29) is 62.7 Å². The van der Waals surface area contributed by atoms with E-state index in [1.165, 1.54) is 30.5 Å². The number of carbonyl (C=O) groups excluding carboxylic acids is 2. The highest BCUT2D eigenvalue weighted by molar-refractivity contribution is 7.89. The molecule has 0 aliphatic carbocycles. The number of rotatable bonds is 9. The Balaban J connectivity index is 1.75. The van der Waals surface area contributed by atoms with Gasteiger partial charge in [0.1, 0.15) is 5.69 Å². The molecule has 0 unspecified atom stereocenters. The lowest BCUT2D eigenvalue weighted by molar-refractivity contribution is -0.143. The first kappa shape index (κ1) is 36.6. The fourth-order valence-corrected chi connectivity index (χ4v) is 6.10. The van der Waals surface area contributed by atoms with Gasteiger partial charge in [0.25, 0.3) is 11.8 Å². The molecule has 19 heteroatoms. The van der Waals surface area contributed by atoms with Gasteiger partial charge in [-0.2, -0.15) is 31.4 Å². The molecule has 48 heavy (non-hydrogen) atoms. The number of sulfonamides is 1. The van der Waals surface area contributed by atoms with Gasteiger partial charge in [-0.05, 0) is 74.9 Å². The van der Waals surface area contributed by atoms with E-state index >= 15 is 0 Å². The molecule has 0 saturated carbocycles. The Hall–Kier alpha value is -4.19. The molecule has 0 radical (unpaired) electrons. The number of aromatic nitrogens is 3. The van der Waals surface area contributed by atoms with Gasteiger partial charge in [-0.3, -0.25) is 9.59 Å². The van der Waals surface area contributed by atoms with Crippen LogP contribution < -0.4 is 15.4 Å². The monoisotopic (exact) mass is 736 g/mol. The lowest BCUT2D eigenvalue weighted by atomic mass is 10.1. The second-order valence-corrected chi connectivity index (χ2v) is 13.1. The van der Waals surface area contributed by atoms with Gasteiger partial charge >= 0.3 is 12.4 Å². The molecule has 0 fully saturated rings. The van der Waals surface area contributed by atoms with Gasteiger partial charge in [0.05, 0.1) is 44.5 Å². The predicted octanol–water partition coefficient (Wildman–Crippen LogP) is 6.79. The van der Waals surface area contributed by atoms with E-state index in [9.17, 15) is 44.3 Å². The SMILES string of the molecule is Cc1cc(Cl)cc(C(=O)NC(C)C)c1NC(=O)c1cc(CNS(=O)(=O)c2cc(C(F)(F)F)ccc2C(F)(F)F)nn1-c1ncccc1Cl. The van der Waals surface area contributed by atoms with Crippen LogP contribution in [0.1, 0.15) is 57.1 Å². The number of hydrogen-bond donors (Lipinski definition) is 3. The summed E-state index contributed by atoms with van der Waals surface area (Å²) in [5.41, 5.74) is -3.57. The molecule has 0 atom stereocenters. The Labute approximate surface area is 279 Å². The van der Waals surface area contributed by atoms with Crippen LogP contribution in [0, 0.1) is 6.92 Å². The zero-order valence-electron chi connectivity index (χ0n) is 24.9. The predicted molar refractivity (Wildman–Crippen MR) is 164 cm³/mol. The number of benzene rings is 2. The molecule has 0 aliphatic rings. The highest BCUT2D eigenvalue weighted by atomic mass is 35.5. The highest BCUT2D eigenvalue weighted by Crippen LogP contribution is 2.38. The van der Waals surface area contributed by atoms with E-state index < -0.39 is 56.8 Å². The van der Waals surface area contributed by atoms with Gasteiger partial charge in [0.15, 0.2) is 5.82 Å². The molecule has 2 aromatic heterocycles. The maximum absolute atomic E-state index is 13.7. The summed E-state index contributed by atoms with van der Waals surface area (Å²) in [6.07, 6.45) is -9.16. The summed E-state index contributed by atoms with van der Waals surface area (Å²) in [4.78, 5) is 29.0. The smallest absolute Gasteiger partial charge is 0.350 e. The molecule has 2 aromatic carbocycles. The van der Waals surface area contributed by atoms with E-state index in [0.29, 0.717) is 5.56 Å². The lowest BCUT2D eigenvalue weighted by Gasteiger charge is -2.16. The van der Waals surface area contributed by atoms with Gasteiger partial charge in [-0.1, -0.05) is 23.2 Å². The van der Waals surface area contributed by atoms with Crippen molar-refractivity contribution in [1.29, 1.82) is 0 Å². The largest absolute Gasteiger partial charge is 0.417 e. The van der Waals surface area contributed by atoms with E-state index in [4.69, 9.17) is 23.2 Å². The molecule has 0 aliphatic heterocycles. The summed E-state index contributed by atoms with van der Waals surface area (Å²) in [6.45, 7) is 4.13. The number of halogens is 8. The van der Waals surface area contributed by atoms with E-state index in [0.717, 1.165) is 10.7 Å². The van der Waals surface area contributed by atoms with Crippen molar-refractivity contribution in [2.45, 2.75) is 50.6 Å². The van der Waals surface area contributed by atoms with Crippen molar-refractivity contribution < 1.29 is 44.3 Å². The van der Waals surface area contributed by atoms with Crippen LogP contribution in [0.4, 0.5) is 32.0 Å². The minimum Gasteiger partial charge on any atom is -0.350 e. The summed E-state index contributed by atoms with van der Waals surface area (Å²) >= 11 is 12.4. The third-order valence-corrected chi connectivity index (χ3v) is 8.44. The molecule has 0 spiro atoms. The van der Waals surface area contributed by atoms with Crippen LogP contribution in [-0.4, -0.2) is 41.0 Å². The Morgan fingerprint density at radius 2 is 1.65 bits per heavy atom. The molecule has 4 aromatic rings. The van der Waals surface area contributed by atoms with E-state index in [1.807, 2.05) is 4.72 Å². The number of alkyl halides is 6. The quantitative estimate of drug-likeness (QED) is 0.162. The van der Waals surface area contributed by atoms with Gasteiger partial charge in [-0.15, -0.1) is 0 Å². The van der Waals surface area contributed by atoms with Crippen LogP contribution in [0.3, 0.4) is 0 Å². The summed E-state index contributed by atoms with van der Waals surface area (Å²) in [5.74, 6) is -1.57. The molecular weight excluding hydrogens is 713 g/mol. The Kier molecular flexibility index (Phi) is 10.5. The first-order valence-corrected chi connectivity index (χ1v) is 15.8. The van der Waals surface area contributed by atoms with Crippen molar-refractivity contribution in [2.75, 3.05) is 5.32 Å². The number of hydrogen-bond acceptors (Lipinski definition) is 6.